The van der Waals surface area contributed by atoms with Crippen molar-refractivity contribution in [2.75, 3.05) is 5.75 Å². The smallest absolute Gasteiger partial charge is 0.177 e. The largest absolute Gasteiger partial charge is 0.293 e. The number of ketones is 1. The van der Waals surface area contributed by atoms with E-state index in [2.05, 4.69) is 22.0 Å². The van der Waals surface area contributed by atoms with Gasteiger partial charge >= 0.3 is 0 Å². The van der Waals surface area contributed by atoms with Gasteiger partial charge in [0.15, 0.2) is 5.78 Å². The number of halogens is 1. The number of hydrogen-bond acceptors (Lipinski definition) is 4. The Labute approximate surface area is 127 Å². The molecule has 0 amide bonds. The Morgan fingerprint density at radius 1 is 1.39 bits per heavy atom. The molecule has 94 valence electrons. The fourth-order valence-corrected chi connectivity index (χ4v) is 5.74. The van der Waals surface area contributed by atoms with Crippen molar-refractivity contribution in [3.05, 3.63) is 42.2 Å². The van der Waals surface area contributed by atoms with Gasteiger partial charge in [0.1, 0.15) is 0 Å². The highest BCUT2D eigenvalue weighted by Crippen LogP contribution is 2.32. The third-order valence-corrected chi connectivity index (χ3v) is 6.84. The highest BCUT2D eigenvalue weighted by Gasteiger charge is 2.18. The SMILES string of the molecule is O=C(Cc1cc(Br)cs1)c1cc2c(s1)CCSC2. The molecule has 0 saturated heterocycles. The van der Waals surface area contributed by atoms with Gasteiger partial charge in [0.05, 0.1) is 4.88 Å². The number of carbonyl (C=O) groups is 1. The van der Waals surface area contributed by atoms with Gasteiger partial charge in [-0.2, -0.15) is 11.8 Å². The van der Waals surface area contributed by atoms with Crippen LogP contribution in [0.25, 0.3) is 0 Å². The Morgan fingerprint density at radius 2 is 2.28 bits per heavy atom. The average molecular weight is 359 g/mol. The van der Waals surface area contributed by atoms with Gasteiger partial charge in [0, 0.05) is 31.8 Å². The monoisotopic (exact) mass is 358 g/mol. The second-order valence-corrected chi connectivity index (χ2v) is 8.35. The molecule has 1 aliphatic rings. The molecule has 1 nitrogen and oxygen atoms in total. The molecule has 2 aromatic rings. The first-order valence-electron chi connectivity index (χ1n) is 5.68. The maximum Gasteiger partial charge on any atom is 0.177 e. The van der Waals surface area contributed by atoms with Crippen molar-refractivity contribution >= 4 is 56.1 Å². The van der Waals surface area contributed by atoms with E-state index in [-0.39, 0.29) is 5.78 Å². The summed E-state index contributed by atoms with van der Waals surface area (Å²) in [5.74, 6) is 2.52. The molecule has 3 heterocycles. The van der Waals surface area contributed by atoms with Crippen molar-refractivity contribution < 1.29 is 4.79 Å². The first kappa shape index (κ1) is 12.9. The van der Waals surface area contributed by atoms with E-state index >= 15 is 0 Å². The molecule has 0 spiro atoms. The highest BCUT2D eigenvalue weighted by atomic mass is 79.9. The second kappa shape index (κ2) is 5.49. The molecule has 1 aliphatic heterocycles. The molecular formula is C13H11BrOS3. The summed E-state index contributed by atoms with van der Waals surface area (Å²) in [6, 6.07) is 4.14. The lowest BCUT2D eigenvalue weighted by atomic mass is 10.1. The Morgan fingerprint density at radius 3 is 3.00 bits per heavy atom. The first-order valence-corrected chi connectivity index (χ1v) is 9.32. The van der Waals surface area contributed by atoms with E-state index in [0.29, 0.717) is 6.42 Å². The summed E-state index contributed by atoms with van der Waals surface area (Å²) in [6.07, 6.45) is 1.66. The summed E-state index contributed by atoms with van der Waals surface area (Å²) in [4.78, 5) is 15.7. The molecule has 0 aromatic carbocycles. The summed E-state index contributed by atoms with van der Waals surface area (Å²) in [7, 11) is 0. The molecule has 0 N–H and O–H groups in total. The molecule has 5 heteroatoms. The summed E-state index contributed by atoms with van der Waals surface area (Å²) in [5.41, 5.74) is 1.38. The topological polar surface area (TPSA) is 17.1 Å². The van der Waals surface area contributed by atoms with Crippen molar-refractivity contribution in [2.24, 2.45) is 0 Å². The number of thiophene rings is 2. The van der Waals surface area contributed by atoms with Crippen molar-refractivity contribution in [3.63, 3.8) is 0 Å². The van der Waals surface area contributed by atoms with Crippen LogP contribution >= 0.6 is 50.4 Å². The van der Waals surface area contributed by atoms with Crippen LogP contribution in [0.2, 0.25) is 0 Å². The van der Waals surface area contributed by atoms with Gasteiger partial charge in [-0.05, 0) is 45.8 Å². The van der Waals surface area contributed by atoms with E-state index in [4.69, 9.17) is 0 Å². The van der Waals surface area contributed by atoms with E-state index in [0.717, 1.165) is 26.4 Å². The van der Waals surface area contributed by atoms with Crippen molar-refractivity contribution in [1.82, 2.24) is 0 Å². The van der Waals surface area contributed by atoms with Crippen LogP contribution in [0.15, 0.2) is 22.0 Å². The van der Waals surface area contributed by atoms with Crippen LogP contribution in [-0.4, -0.2) is 11.5 Å². The fourth-order valence-electron chi connectivity index (χ4n) is 1.98. The maximum absolute atomic E-state index is 12.2. The summed E-state index contributed by atoms with van der Waals surface area (Å²) < 4.78 is 1.07. The molecule has 0 fully saturated rings. The molecule has 0 saturated carbocycles. The molecule has 3 rings (SSSR count). The van der Waals surface area contributed by atoms with Gasteiger partial charge in [-0.1, -0.05) is 0 Å². The van der Waals surface area contributed by atoms with Crippen LogP contribution in [0.4, 0.5) is 0 Å². The number of rotatable bonds is 3. The number of fused-ring (bicyclic) bond motifs is 1. The predicted molar refractivity (Wildman–Crippen MR) is 84.2 cm³/mol. The number of Topliss-reactive ketones (excluding diaryl/α,β-unsaturated/α-hetero) is 1. The molecule has 0 unspecified atom stereocenters. The number of hydrogen-bond donors (Lipinski definition) is 0. The summed E-state index contributed by atoms with van der Waals surface area (Å²) >= 11 is 8.72. The Kier molecular flexibility index (Phi) is 3.94. The highest BCUT2D eigenvalue weighted by molar-refractivity contribution is 9.10. The minimum atomic E-state index is 0.258. The minimum absolute atomic E-state index is 0.258. The summed E-state index contributed by atoms with van der Waals surface area (Å²) in [6.45, 7) is 0. The number of carbonyl (C=O) groups excluding carboxylic acids is 1. The van der Waals surface area contributed by atoms with Crippen LogP contribution < -0.4 is 0 Å². The Balaban J connectivity index is 1.78. The molecule has 0 radical (unpaired) electrons. The molecule has 0 atom stereocenters. The zero-order chi connectivity index (χ0) is 12.5. The zero-order valence-corrected chi connectivity index (χ0v) is 13.6. The van der Waals surface area contributed by atoms with Crippen LogP contribution in [0.5, 0.6) is 0 Å². The second-order valence-electron chi connectivity index (χ2n) is 4.19. The number of thioether (sulfide) groups is 1. The quantitative estimate of drug-likeness (QED) is 0.733. The lowest BCUT2D eigenvalue weighted by molar-refractivity contribution is 0.0997. The van der Waals surface area contributed by atoms with E-state index in [1.807, 2.05) is 23.2 Å². The van der Waals surface area contributed by atoms with E-state index < -0.39 is 0 Å². The van der Waals surface area contributed by atoms with Crippen LogP contribution in [0.1, 0.15) is 25.0 Å². The van der Waals surface area contributed by atoms with Gasteiger partial charge in [-0.25, -0.2) is 0 Å². The molecule has 0 aliphatic carbocycles. The van der Waals surface area contributed by atoms with Crippen molar-refractivity contribution in [1.29, 1.82) is 0 Å². The van der Waals surface area contributed by atoms with Gasteiger partial charge in [-0.15, -0.1) is 22.7 Å². The van der Waals surface area contributed by atoms with Crippen LogP contribution in [0.3, 0.4) is 0 Å². The van der Waals surface area contributed by atoms with Crippen molar-refractivity contribution in [2.45, 2.75) is 18.6 Å². The standard InChI is InChI=1S/C13H11BrOS3/c14-9-4-10(17-7-9)5-11(15)13-3-8-6-16-2-1-12(8)18-13/h3-4,7H,1-2,5-6H2. The zero-order valence-electron chi connectivity index (χ0n) is 9.57. The number of aryl methyl sites for hydroxylation is 1. The Bertz CT molecular complexity index is 561. The third kappa shape index (κ3) is 2.74. The van der Waals surface area contributed by atoms with Gasteiger partial charge < -0.3 is 0 Å². The molecular weight excluding hydrogens is 348 g/mol. The van der Waals surface area contributed by atoms with E-state index in [9.17, 15) is 4.79 Å². The molecule has 0 bridgehead atoms. The fraction of sp³-hybridized carbons (Fsp3) is 0.308. The molecule has 2 aromatic heterocycles. The normalized spacial score (nSPS) is 14.5. The first-order chi connectivity index (χ1) is 8.72. The molecule has 18 heavy (non-hydrogen) atoms. The van der Waals surface area contributed by atoms with Gasteiger partial charge in [0.2, 0.25) is 0 Å². The van der Waals surface area contributed by atoms with Gasteiger partial charge in [0.25, 0.3) is 0 Å². The summed E-state index contributed by atoms with van der Waals surface area (Å²) in [5, 5.41) is 2.03. The van der Waals surface area contributed by atoms with E-state index in [1.165, 1.54) is 16.2 Å². The van der Waals surface area contributed by atoms with Crippen LogP contribution in [0, 0.1) is 0 Å². The predicted octanol–water partition coefficient (Wildman–Crippen LogP) is 4.79. The lowest BCUT2D eigenvalue weighted by Gasteiger charge is -2.08. The lowest BCUT2D eigenvalue weighted by Crippen LogP contribution is -1.99. The Hall–Kier alpha value is -0.100. The maximum atomic E-state index is 12.2. The van der Waals surface area contributed by atoms with Gasteiger partial charge in [-0.3, -0.25) is 4.79 Å². The third-order valence-electron chi connectivity index (χ3n) is 2.86. The minimum Gasteiger partial charge on any atom is -0.293 e. The van der Waals surface area contributed by atoms with Crippen LogP contribution in [-0.2, 0) is 18.6 Å². The van der Waals surface area contributed by atoms with E-state index in [1.54, 1.807) is 22.7 Å². The van der Waals surface area contributed by atoms with Crippen molar-refractivity contribution in [3.8, 4) is 0 Å². The average Bonchev–Trinajstić information content (AvgIpc) is 2.95.